The van der Waals surface area contributed by atoms with E-state index in [9.17, 15) is 4.57 Å². The van der Waals surface area contributed by atoms with E-state index in [2.05, 4.69) is 4.52 Å². The zero-order chi connectivity index (χ0) is 9.19. The van der Waals surface area contributed by atoms with Crippen molar-refractivity contribution in [2.75, 3.05) is 6.61 Å². The first-order valence-corrected chi connectivity index (χ1v) is 5.04. The number of hydrogen-bond acceptors (Lipinski definition) is 4. The topological polar surface area (TPSA) is 96.2 Å². The van der Waals surface area contributed by atoms with Crippen LogP contribution in [0.4, 0.5) is 0 Å². The second kappa shape index (κ2) is 3.83. The first-order chi connectivity index (χ1) is 5.47. The molecular formula is C5H11O6P. The number of aliphatic hydroxyl groups is 1. The maximum Gasteiger partial charge on any atom is 0.471 e. The number of hydrogen-bond donors (Lipinski definition) is 3. The van der Waals surface area contributed by atoms with E-state index in [0.717, 1.165) is 0 Å². The standard InChI is InChI=1S/C5H11O6P/c6-4-1-2-5(10-3-4)11-12(7,8)9/h4-6H,1-3H2,(H2,7,8,9)/t4-,5+/m0/s1. The predicted molar refractivity (Wildman–Crippen MR) is 38.1 cm³/mol. The summed E-state index contributed by atoms with van der Waals surface area (Å²) in [5.41, 5.74) is 0. The van der Waals surface area contributed by atoms with Gasteiger partial charge in [0.2, 0.25) is 0 Å². The van der Waals surface area contributed by atoms with Gasteiger partial charge >= 0.3 is 7.82 Å². The van der Waals surface area contributed by atoms with Crippen LogP contribution in [0, 0.1) is 0 Å². The maximum absolute atomic E-state index is 10.3. The minimum absolute atomic E-state index is 0.0602. The molecule has 1 aliphatic heterocycles. The lowest BCUT2D eigenvalue weighted by Gasteiger charge is -2.25. The fourth-order valence-corrected chi connectivity index (χ4v) is 1.42. The summed E-state index contributed by atoms with van der Waals surface area (Å²) in [6.45, 7) is 0.0602. The second-order valence-electron chi connectivity index (χ2n) is 2.59. The third-order valence-electron chi connectivity index (χ3n) is 1.46. The number of aliphatic hydroxyl groups excluding tert-OH is 1. The average Bonchev–Trinajstić information content (AvgIpc) is 1.91. The lowest BCUT2D eigenvalue weighted by molar-refractivity contribution is -0.149. The summed E-state index contributed by atoms with van der Waals surface area (Å²) in [5.74, 6) is 0. The Hall–Kier alpha value is 0.0300. The van der Waals surface area contributed by atoms with Crippen molar-refractivity contribution >= 4 is 7.82 Å². The van der Waals surface area contributed by atoms with E-state index in [-0.39, 0.29) is 6.61 Å². The van der Waals surface area contributed by atoms with Crippen molar-refractivity contribution in [3.05, 3.63) is 0 Å². The highest BCUT2D eigenvalue weighted by molar-refractivity contribution is 7.46. The molecule has 1 saturated heterocycles. The highest BCUT2D eigenvalue weighted by Gasteiger charge is 2.27. The van der Waals surface area contributed by atoms with Gasteiger partial charge in [0.15, 0.2) is 6.29 Å². The van der Waals surface area contributed by atoms with Crippen LogP contribution >= 0.6 is 7.82 Å². The molecular weight excluding hydrogens is 187 g/mol. The van der Waals surface area contributed by atoms with Gasteiger partial charge in [-0.3, -0.25) is 4.52 Å². The molecule has 0 aromatic heterocycles. The van der Waals surface area contributed by atoms with Crippen molar-refractivity contribution in [3.8, 4) is 0 Å². The van der Waals surface area contributed by atoms with Crippen LogP contribution in [-0.2, 0) is 13.8 Å². The van der Waals surface area contributed by atoms with Crippen LogP contribution in [0.3, 0.4) is 0 Å². The summed E-state index contributed by atoms with van der Waals surface area (Å²) in [4.78, 5) is 16.8. The van der Waals surface area contributed by atoms with E-state index >= 15 is 0 Å². The molecule has 1 fully saturated rings. The minimum atomic E-state index is -4.46. The Balaban J connectivity index is 2.31. The molecule has 0 spiro atoms. The van der Waals surface area contributed by atoms with Crippen LogP contribution in [0.5, 0.6) is 0 Å². The minimum Gasteiger partial charge on any atom is -0.391 e. The molecule has 0 aliphatic carbocycles. The van der Waals surface area contributed by atoms with Crippen LogP contribution in [-0.4, -0.2) is 33.9 Å². The van der Waals surface area contributed by atoms with E-state index in [4.69, 9.17) is 19.6 Å². The molecule has 0 aromatic rings. The smallest absolute Gasteiger partial charge is 0.391 e. The van der Waals surface area contributed by atoms with Crippen molar-refractivity contribution in [1.29, 1.82) is 0 Å². The normalized spacial score (nSPS) is 31.9. The number of ether oxygens (including phenoxy) is 1. The van der Waals surface area contributed by atoms with Crippen molar-refractivity contribution in [3.63, 3.8) is 0 Å². The summed E-state index contributed by atoms with van der Waals surface area (Å²) < 4.78 is 19.4. The molecule has 6 nitrogen and oxygen atoms in total. The molecule has 12 heavy (non-hydrogen) atoms. The van der Waals surface area contributed by atoms with E-state index in [0.29, 0.717) is 12.8 Å². The zero-order valence-electron chi connectivity index (χ0n) is 6.29. The highest BCUT2D eigenvalue weighted by atomic mass is 31.2. The average molecular weight is 198 g/mol. The van der Waals surface area contributed by atoms with Gasteiger partial charge in [0.25, 0.3) is 0 Å². The molecule has 2 atom stereocenters. The Bertz CT molecular complexity index is 180. The maximum atomic E-state index is 10.3. The fourth-order valence-electron chi connectivity index (χ4n) is 0.950. The third-order valence-corrected chi connectivity index (χ3v) is 1.97. The molecule has 1 aliphatic rings. The summed E-state index contributed by atoms with van der Waals surface area (Å²) in [5, 5.41) is 8.95. The molecule has 1 rings (SSSR count). The van der Waals surface area contributed by atoms with Crippen LogP contribution in [0.15, 0.2) is 0 Å². The summed E-state index contributed by atoms with van der Waals surface area (Å²) in [7, 11) is -4.46. The van der Waals surface area contributed by atoms with Gasteiger partial charge in [-0.2, -0.15) is 0 Å². The molecule has 72 valence electrons. The monoisotopic (exact) mass is 198 g/mol. The Morgan fingerprint density at radius 2 is 2.08 bits per heavy atom. The summed E-state index contributed by atoms with van der Waals surface area (Å²) >= 11 is 0. The van der Waals surface area contributed by atoms with Crippen LogP contribution in [0.2, 0.25) is 0 Å². The van der Waals surface area contributed by atoms with E-state index in [1.165, 1.54) is 0 Å². The lowest BCUT2D eigenvalue weighted by Crippen LogP contribution is -2.30. The quantitative estimate of drug-likeness (QED) is 0.522. The summed E-state index contributed by atoms with van der Waals surface area (Å²) in [6, 6.07) is 0. The number of rotatable bonds is 2. The first-order valence-electron chi connectivity index (χ1n) is 3.51. The molecule has 3 N–H and O–H groups in total. The Kier molecular flexibility index (Phi) is 3.22. The van der Waals surface area contributed by atoms with Crippen molar-refractivity contribution < 1.29 is 28.7 Å². The predicted octanol–water partition coefficient (Wildman–Crippen LogP) is -0.407. The third kappa shape index (κ3) is 3.62. The van der Waals surface area contributed by atoms with E-state index < -0.39 is 20.2 Å². The van der Waals surface area contributed by atoms with Crippen LogP contribution < -0.4 is 0 Å². The SMILES string of the molecule is O=P(O)(O)O[C@@H]1CC[C@H](O)CO1. The molecule has 7 heteroatoms. The van der Waals surface area contributed by atoms with E-state index in [1.807, 2.05) is 0 Å². The van der Waals surface area contributed by atoms with Gasteiger partial charge in [0, 0.05) is 6.42 Å². The molecule has 0 amide bonds. The van der Waals surface area contributed by atoms with Crippen LogP contribution in [0.25, 0.3) is 0 Å². The molecule has 0 bridgehead atoms. The van der Waals surface area contributed by atoms with Gasteiger partial charge in [0.05, 0.1) is 12.7 Å². The number of phosphoric acid groups is 1. The Morgan fingerprint density at radius 1 is 1.42 bits per heavy atom. The highest BCUT2D eigenvalue weighted by Crippen LogP contribution is 2.39. The molecule has 0 unspecified atom stereocenters. The molecule has 0 radical (unpaired) electrons. The van der Waals surface area contributed by atoms with Gasteiger partial charge in [-0.25, -0.2) is 4.57 Å². The molecule has 0 saturated carbocycles. The lowest BCUT2D eigenvalue weighted by atomic mass is 10.2. The van der Waals surface area contributed by atoms with Crippen molar-refractivity contribution in [2.24, 2.45) is 0 Å². The van der Waals surface area contributed by atoms with Gasteiger partial charge in [-0.05, 0) is 6.42 Å². The van der Waals surface area contributed by atoms with Gasteiger partial charge in [-0.1, -0.05) is 0 Å². The van der Waals surface area contributed by atoms with Gasteiger partial charge in [-0.15, -0.1) is 0 Å². The van der Waals surface area contributed by atoms with Crippen LogP contribution in [0.1, 0.15) is 12.8 Å². The van der Waals surface area contributed by atoms with E-state index in [1.54, 1.807) is 0 Å². The molecule has 0 aromatic carbocycles. The number of phosphoric ester groups is 1. The Labute approximate surface area is 69.4 Å². The first kappa shape index (κ1) is 10.1. The fraction of sp³-hybridized carbons (Fsp3) is 1.00. The zero-order valence-corrected chi connectivity index (χ0v) is 7.18. The second-order valence-corrected chi connectivity index (χ2v) is 3.78. The molecule has 1 heterocycles. The van der Waals surface area contributed by atoms with Crippen molar-refractivity contribution in [1.82, 2.24) is 0 Å². The Morgan fingerprint density at radius 3 is 2.50 bits per heavy atom. The van der Waals surface area contributed by atoms with Crippen molar-refractivity contribution in [2.45, 2.75) is 25.2 Å². The largest absolute Gasteiger partial charge is 0.471 e. The summed E-state index contributed by atoms with van der Waals surface area (Å²) in [6.07, 6.45) is -0.715. The van der Waals surface area contributed by atoms with Gasteiger partial charge in [0.1, 0.15) is 0 Å². The van der Waals surface area contributed by atoms with Gasteiger partial charge < -0.3 is 19.6 Å².